The maximum absolute atomic E-state index is 3.90. The zero-order chi connectivity index (χ0) is 9.97. The molecule has 0 spiro atoms. The zero-order valence-electron chi connectivity index (χ0n) is 8.64. The van der Waals surface area contributed by atoms with E-state index in [4.69, 9.17) is 0 Å². The van der Waals surface area contributed by atoms with E-state index in [1.807, 2.05) is 0 Å². The molecule has 0 bridgehead atoms. The maximum Gasteiger partial charge on any atom is 0.242 e. The van der Waals surface area contributed by atoms with Crippen molar-refractivity contribution >= 4 is 5.95 Å². The molecule has 0 aliphatic carbocycles. The number of aromatic nitrogens is 4. The van der Waals surface area contributed by atoms with Crippen LogP contribution in [0.5, 0.6) is 0 Å². The van der Waals surface area contributed by atoms with Gasteiger partial charge in [-0.1, -0.05) is 5.10 Å². The lowest BCUT2D eigenvalue weighted by molar-refractivity contribution is 0.208. The van der Waals surface area contributed by atoms with Gasteiger partial charge >= 0.3 is 0 Å². The van der Waals surface area contributed by atoms with Crippen molar-refractivity contribution in [2.24, 2.45) is 0 Å². The fourth-order valence-corrected chi connectivity index (χ4v) is 1.74. The van der Waals surface area contributed by atoms with E-state index in [1.165, 1.54) is 0 Å². The molecule has 2 rings (SSSR count). The highest BCUT2D eigenvalue weighted by molar-refractivity contribution is 5.26. The molecule has 6 nitrogen and oxygen atoms in total. The molecule has 1 aliphatic heterocycles. The van der Waals surface area contributed by atoms with Crippen LogP contribution in [0.1, 0.15) is 13.8 Å². The van der Waals surface area contributed by atoms with Crippen LogP contribution in [0.25, 0.3) is 0 Å². The van der Waals surface area contributed by atoms with Crippen molar-refractivity contribution in [1.29, 1.82) is 0 Å². The summed E-state index contributed by atoms with van der Waals surface area (Å²) >= 11 is 0. The lowest BCUT2D eigenvalue weighted by atomic mass is 10.2. The van der Waals surface area contributed by atoms with E-state index in [0.717, 1.165) is 32.1 Å². The van der Waals surface area contributed by atoms with Crippen molar-refractivity contribution in [2.45, 2.75) is 19.9 Å². The molecule has 2 heterocycles. The molecule has 0 saturated carbocycles. The molecule has 1 saturated heterocycles. The minimum absolute atomic E-state index is 0.630. The lowest BCUT2D eigenvalue weighted by Crippen LogP contribution is -2.49. The van der Waals surface area contributed by atoms with Crippen molar-refractivity contribution in [3.8, 4) is 0 Å². The van der Waals surface area contributed by atoms with Gasteiger partial charge in [-0.2, -0.15) is 0 Å². The fraction of sp³-hybridized carbons (Fsp3) is 0.875. The molecule has 0 aromatic carbocycles. The molecule has 0 unspecified atom stereocenters. The molecule has 6 heteroatoms. The van der Waals surface area contributed by atoms with Crippen LogP contribution in [0.4, 0.5) is 5.95 Å². The molecule has 1 N–H and O–H groups in total. The summed E-state index contributed by atoms with van der Waals surface area (Å²) < 4.78 is 0. The van der Waals surface area contributed by atoms with Gasteiger partial charge in [-0.25, -0.2) is 5.10 Å². The molecule has 0 radical (unpaired) electrons. The van der Waals surface area contributed by atoms with E-state index in [-0.39, 0.29) is 0 Å². The molecular formula is C8H16N6. The van der Waals surface area contributed by atoms with Crippen molar-refractivity contribution in [2.75, 3.05) is 31.1 Å². The number of rotatable bonds is 2. The summed E-state index contributed by atoms with van der Waals surface area (Å²) in [6.45, 7) is 8.61. The second-order valence-electron chi connectivity index (χ2n) is 3.84. The Labute approximate surface area is 83.3 Å². The average Bonchev–Trinajstić information content (AvgIpc) is 2.71. The molecule has 0 atom stereocenters. The Hall–Kier alpha value is -1.17. The standard InChI is InChI=1S/C8H16N6/c1-7(2)13-3-5-14(6-4-13)8-9-11-12-10-8/h7H,3-6H2,1-2H3,(H,9,10,11,12). The first-order chi connectivity index (χ1) is 6.77. The van der Waals surface area contributed by atoms with Crippen molar-refractivity contribution in [1.82, 2.24) is 25.5 Å². The number of aromatic amines is 1. The smallest absolute Gasteiger partial charge is 0.242 e. The Morgan fingerprint density at radius 1 is 1.21 bits per heavy atom. The SMILES string of the molecule is CC(C)N1CCN(c2nnn[nH]2)CC1. The van der Waals surface area contributed by atoms with E-state index >= 15 is 0 Å². The number of hydrogen-bond donors (Lipinski definition) is 1. The minimum Gasteiger partial charge on any atom is -0.337 e. The van der Waals surface area contributed by atoms with Crippen LogP contribution in [0.3, 0.4) is 0 Å². The molecular weight excluding hydrogens is 180 g/mol. The lowest BCUT2D eigenvalue weighted by Gasteiger charge is -2.36. The van der Waals surface area contributed by atoms with Crippen LogP contribution in [0, 0.1) is 0 Å². The topological polar surface area (TPSA) is 60.9 Å². The van der Waals surface area contributed by atoms with E-state index in [1.54, 1.807) is 0 Å². The Bertz CT molecular complexity index is 261. The summed E-state index contributed by atoms with van der Waals surface area (Å²) in [5.74, 6) is 0.786. The van der Waals surface area contributed by atoms with Crippen LogP contribution in [0.2, 0.25) is 0 Å². The Morgan fingerprint density at radius 3 is 2.43 bits per heavy atom. The van der Waals surface area contributed by atoms with Crippen molar-refractivity contribution in [3.05, 3.63) is 0 Å². The van der Waals surface area contributed by atoms with Gasteiger partial charge in [-0.05, 0) is 24.3 Å². The maximum atomic E-state index is 3.90. The highest BCUT2D eigenvalue weighted by Crippen LogP contribution is 2.10. The van der Waals surface area contributed by atoms with Gasteiger partial charge < -0.3 is 4.90 Å². The van der Waals surface area contributed by atoms with E-state index in [2.05, 4.69) is 44.3 Å². The minimum atomic E-state index is 0.630. The highest BCUT2D eigenvalue weighted by atomic mass is 15.5. The van der Waals surface area contributed by atoms with Gasteiger partial charge in [0.25, 0.3) is 0 Å². The Morgan fingerprint density at radius 2 is 1.93 bits per heavy atom. The summed E-state index contributed by atoms with van der Waals surface area (Å²) in [5.41, 5.74) is 0. The van der Waals surface area contributed by atoms with Crippen LogP contribution < -0.4 is 4.90 Å². The predicted molar refractivity (Wildman–Crippen MR) is 53.1 cm³/mol. The van der Waals surface area contributed by atoms with E-state index < -0.39 is 0 Å². The number of piperazine rings is 1. The summed E-state index contributed by atoms with van der Waals surface area (Å²) in [5, 5.41) is 13.8. The van der Waals surface area contributed by atoms with Gasteiger partial charge in [-0.15, -0.1) is 0 Å². The third-order valence-electron chi connectivity index (χ3n) is 2.68. The van der Waals surface area contributed by atoms with Crippen LogP contribution in [0.15, 0.2) is 0 Å². The predicted octanol–water partition coefficient (Wildman–Crippen LogP) is -0.270. The summed E-state index contributed by atoms with van der Waals surface area (Å²) in [6.07, 6.45) is 0. The monoisotopic (exact) mass is 196 g/mol. The Kier molecular flexibility index (Phi) is 2.62. The van der Waals surface area contributed by atoms with Gasteiger partial charge in [-0.3, -0.25) is 4.90 Å². The van der Waals surface area contributed by atoms with Gasteiger partial charge in [0.15, 0.2) is 0 Å². The molecule has 0 amide bonds. The van der Waals surface area contributed by atoms with Crippen LogP contribution in [-0.2, 0) is 0 Å². The Balaban J connectivity index is 1.90. The van der Waals surface area contributed by atoms with Crippen molar-refractivity contribution in [3.63, 3.8) is 0 Å². The molecule has 78 valence electrons. The number of tetrazole rings is 1. The zero-order valence-corrected chi connectivity index (χ0v) is 8.64. The van der Waals surface area contributed by atoms with Gasteiger partial charge in [0.2, 0.25) is 5.95 Å². The molecule has 1 aliphatic rings. The second-order valence-corrected chi connectivity index (χ2v) is 3.84. The first-order valence-corrected chi connectivity index (χ1v) is 5.00. The molecule has 1 aromatic heterocycles. The van der Waals surface area contributed by atoms with E-state index in [9.17, 15) is 0 Å². The number of anilines is 1. The first-order valence-electron chi connectivity index (χ1n) is 5.00. The highest BCUT2D eigenvalue weighted by Gasteiger charge is 2.20. The normalized spacial score (nSPS) is 19.2. The third-order valence-corrected chi connectivity index (χ3v) is 2.68. The summed E-state index contributed by atoms with van der Waals surface area (Å²) in [6, 6.07) is 0.630. The van der Waals surface area contributed by atoms with Crippen LogP contribution in [-0.4, -0.2) is 57.7 Å². The van der Waals surface area contributed by atoms with Gasteiger partial charge in [0.1, 0.15) is 0 Å². The summed E-state index contributed by atoms with van der Waals surface area (Å²) in [7, 11) is 0. The quantitative estimate of drug-likeness (QED) is 0.705. The third kappa shape index (κ3) is 1.84. The first kappa shape index (κ1) is 9.39. The summed E-state index contributed by atoms with van der Waals surface area (Å²) in [4.78, 5) is 4.64. The van der Waals surface area contributed by atoms with E-state index in [0.29, 0.717) is 6.04 Å². The molecule has 1 fully saturated rings. The van der Waals surface area contributed by atoms with Gasteiger partial charge in [0, 0.05) is 32.2 Å². The average molecular weight is 196 g/mol. The number of nitrogens with one attached hydrogen (secondary N) is 1. The second kappa shape index (κ2) is 3.91. The van der Waals surface area contributed by atoms with Gasteiger partial charge in [0.05, 0.1) is 0 Å². The number of hydrogen-bond acceptors (Lipinski definition) is 5. The molecule has 14 heavy (non-hydrogen) atoms. The number of H-pyrrole nitrogens is 1. The molecule has 1 aromatic rings. The fourth-order valence-electron chi connectivity index (χ4n) is 1.74. The van der Waals surface area contributed by atoms with Crippen LogP contribution >= 0.6 is 0 Å². The largest absolute Gasteiger partial charge is 0.337 e. The number of nitrogens with zero attached hydrogens (tertiary/aromatic N) is 5. The van der Waals surface area contributed by atoms with Crippen molar-refractivity contribution < 1.29 is 0 Å².